The van der Waals surface area contributed by atoms with Crippen molar-refractivity contribution < 1.29 is 13.2 Å². The van der Waals surface area contributed by atoms with E-state index in [-0.39, 0.29) is 12.5 Å². The molecular formula is C21H18Cl2N2O3S. The zero-order valence-electron chi connectivity index (χ0n) is 15.5. The molecule has 5 nitrogen and oxygen atoms in total. The summed E-state index contributed by atoms with van der Waals surface area (Å²) in [5.74, 6) is -0.289. The van der Waals surface area contributed by atoms with Crippen LogP contribution in [0.4, 0.5) is 11.4 Å². The van der Waals surface area contributed by atoms with Crippen molar-refractivity contribution in [2.45, 2.75) is 6.54 Å². The van der Waals surface area contributed by atoms with Gasteiger partial charge in [-0.1, -0.05) is 47.5 Å². The molecule has 0 aromatic heterocycles. The highest BCUT2D eigenvalue weighted by molar-refractivity contribution is 7.92. The lowest BCUT2D eigenvalue weighted by molar-refractivity contribution is 0.102. The van der Waals surface area contributed by atoms with Gasteiger partial charge in [0.1, 0.15) is 0 Å². The van der Waals surface area contributed by atoms with Crippen molar-refractivity contribution in [3.8, 4) is 0 Å². The number of halogens is 2. The van der Waals surface area contributed by atoms with Crippen LogP contribution in [-0.4, -0.2) is 20.6 Å². The van der Waals surface area contributed by atoms with Gasteiger partial charge >= 0.3 is 0 Å². The number of sulfonamides is 1. The van der Waals surface area contributed by atoms with Crippen LogP contribution in [0.2, 0.25) is 10.0 Å². The number of benzene rings is 3. The fourth-order valence-corrected chi connectivity index (χ4v) is 4.12. The molecule has 0 unspecified atom stereocenters. The number of para-hydroxylation sites is 1. The van der Waals surface area contributed by atoms with E-state index in [9.17, 15) is 13.2 Å². The van der Waals surface area contributed by atoms with Crippen molar-refractivity contribution in [2.24, 2.45) is 0 Å². The first kappa shape index (κ1) is 21.2. The van der Waals surface area contributed by atoms with Crippen LogP contribution in [0.1, 0.15) is 15.9 Å². The summed E-state index contributed by atoms with van der Waals surface area (Å²) in [5.41, 5.74) is 1.99. The van der Waals surface area contributed by atoms with Gasteiger partial charge in [-0.15, -0.1) is 0 Å². The number of hydrogen-bond acceptors (Lipinski definition) is 3. The number of amides is 1. The molecule has 0 saturated heterocycles. The van der Waals surface area contributed by atoms with Gasteiger partial charge < -0.3 is 5.32 Å². The van der Waals surface area contributed by atoms with Gasteiger partial charge in [-0.05, 0) is 48.5 Å². The lowest BCUT2D eigenvalue weighted by atomic mass is 10.1. The molecule has 3 aromatic carbocycles. The molecule has 0 bridgehead atoms. The Hall–Kier alpha value is -2.54. The molecule has 3 aromatic rings. The van der Waals surface area contributed by atoms with E-state index in [1.807, 2.05) is 18.2 Å². The lowest BCUT2D eigenvalue weighted by Gasteiger charge is -2.23. The predicted molar refractivity (Wildman–Crippen MR) is 118 cm³/mol. The van der Waals surface area contributed by atoms with E-state index in [2.05, 4.69) is 5.32 Å². The van der Waals surface area contributed by atoms with Gasteiger partial charge in [0.25, 0.3) is 5.91 Å². The maximum absolute atomic E-state index is 12.4. The smallest absolute Gasteiger partial charge is 0.255 e. The fraction of sp³-hybridized carbons (Fsp3) is 0.0952. The van der Waals surface area contributed by atoms with Gasteiger partial charge in [0.15, 0.2) is 0 Å². The van der Waals surface area contributed by atoms with E-state index in [4.69, 9.17) is 23.2 Å². The van der Waals surface area contributed by atoms with E-state index in [0.717, 1.165) is 6.26 Å². The SMILES string of the molecule is CS(=O)(=O)N(Cc1c(Cl)cccc1Cl)c1ccc(C(=O)Nc2ccccc2)cc1. The Morgan fingerprint density at radius 2 is 1.48 bits per heavy atom. The first-order valence-electron chi connectivity index (χ1n) is 8.63. The van der Waals surface area contributed by atoms with Crippen molar-refractivity contribution in [3.05, 3.63) is 94.0 Å². The Labute approximate surface area is 179 Å². The van der Waals surface area contributed by atoms with Gasteiger partial charge in [0, 0.05) is 26.9 Å². The summed E-state index contributed by atoms with van der Waals surface area (Å²) in [6, 6.07) is 20.4. The summed E-state index contributed by atoms with van der Waals surface area (Å²) in [4.78, 5) is 12.4. The molecule has 0 aliphatic heterocycles. The number of hydrogen-bond donors (Lipinski definition) is 1. The minimum absolute atomic E-state index is 0.0209. The Morgan fingerprint density at radius 1 is 0.897 bits per heavy atom. The molecular weight excluding hydrogens is 431 g/mol. The van der Waals surface area contributed by atoms with Crippen LogP contribution in [0, 0.1) is 0 Å². The molecule has 0 heterocycles. The van der Waals surface area contributed by atoms with Gasteiger partial charge in [0.05, 0.1) is 18.5 Å². The second-order valence-corrected chi connectivity index (χ2v) is 9.06. The van der Waals surface area contributed by atoms with Gasteiger partial charge in [-0.25, -0.2) is 8.42 Å². The third-order valence-corrected chi connectivity index (χ3v) is 6.06. The molecule has 8 heteroatoms. The van der Waals surface area contributed by atoms with Crippen LogP contribution in [0.25, 0.3) is 0 Å². The normalized spacial score (nSPS) is 11.1. The molecule has 0 radical (unpaired) electrons. The monoisotopic (exact) mass is 448 g/mol. The van der Waals surface area contributed by atoms with E-state index < -0.39 is 10.0 Å². The van der Waals surface area contributed by atoms with Crippen LogP contribution in [0.3, 0.4) is 0 Å². The minimum Gasteiger partial charge on any atom is -0.322 e. The van der Waals surface area contributed by atoms with Crippen LogP contribution < -0.4 is 9.62 Å². The molecule has 0 atom stereocenters. The third kappa shape index (κ3) is 5.29. The Morgan fingerprint density at radius 3 is 2.03 bits per heavy atom. The standard InChI is InChI=1S/C21H18Cl2N2O3S/c1-29(27,28)25(14-18-19(22)8-5-9-20(18)23)17-12-10-15(11-13-17)21(26)24-16-6-3-2-4-7-16/h2-13H,14H2,1H3,(H,24,26). The predicted octanol–water partition coefficient (Wildman–Crippen LogP) is 5.21. The number of rotatable bonds is 6. The average Bonchev–Trinajstić information content (AvgIpc) is 2.68. The molecule has 1 amide bonds. The highest BCUT2D eigenvalue weighted by atomic mass is 35.5. The van der Waals surface area contributed by atoms with E-state index in [1.165, 1.54) is 4.31 Å². The number of nitrogens with zero attached hydrogens (tertiary/aromatic N) is 1. The Bertz CT molecular complexity index is 1100. The van der Waals surface area contributed by atoms with E-state index >= 15 is 0 Å². The van der Waals surface area contributed by atoms with Crippen molar-refractivity contribution in [1.82, 2.24) is 0 Å². The first-order valence-corrected chi connectivity index (χ1v) is 11.2. The zero-order valence-corrected chi connectivity index (χ0v) is 17.8. The van der Waals surface area contributed by atoms with Crippen LogP contribution in [0.15, 0.2) is 72.8 Å². The average molecular weight is 449 g/mol. The highest BCUT2D eigenvalue weighted by Gasteiger charge is 2.21. The molecule has 0 fully saturated rings. The van der Waals surface area contributed by atoms with Crippen molar-refractivity contribution in [1.29, 1.82) is 0 Å². The highest BCUT2D eigenvalue weighted by Crippen LogP contribution is 2.29. The van der Waals surface area contributed by atoms with Gasteiger partial charge in [0.2, 0.25) is 10.0 Å². The third-order valence-electron chi connectivity index (χ3n) is 4.21. The van der Waals surface area contributed by atoms with Crippen molar-refractivity contribution in [2.75, 3.05) is 15.9 Å². The number of carbonyl (C=O) groups excluding carboxylic acids is 1. The second-order valence-electron chi connectivity index (χ2n) is 6.34. The molecule has 0 aliphatic carbocycles. The molecule has 3 rings (SSSR count). The molecule has 0 spiro atoms. The Kier molecular flexibility index (Phi) is 6.47. The molecule has 0 aliphatic rings. The fourth-order valence-electron chi connectivity index (χ4n) is 2.73. The Balaban J connectivity index is 1.85. The number of anilines is 2. The van der Waals surface area contributed by atoms with Crippen LogP contribution >= 0.6 is 23.2 Å². The molecule has 1 N–H and O–H groups in total. The molecule has 29 heavy (non-hydrogen) atoms. The summed E-state index contributed by atoms with van der Waals surface area (Å²) in [6.45, 7) is -0.0209. The second kappa shape index (κ2) is 8.86. The molecule has 150 valence electrons. The number of carbonyl (C=O) groups is 1. The summed E-state index contributed by atoms with van der Waals surface area (Å²) in [5, 5.41) is 3.55. The van der Waals surface area contributed by atoms with E-state index in [0.29, 0.717) is 32.5 Å². The minimum atomic E-state index is -3.62. The topological polar surface area (TPSA) is 66.5 Å². The van der Waals surface area contributed by atoms with Gasteiger partial charge in [-0.2, -0.15) is 0 Å². The maximum atomic E-state index is 12.4. The summed E-state index contributed by atoms with van der Waals surface area (Å²) < 4.78 is 26.0. The lowest BCUT2D eigenvalue weighted by Crippen LogP contribution is -2.29. The molecule has 0 saturated carbocycles. The van der Waals surface area contributed by atoms with Crippen molar-refractivity contribution in [3.63, 3.8) is 0 Å². The summed E-state index contributed by atoms with van der Waals surface area (Å²) in [6.07, 6.45) is 1.10. The van der Waals surface area contributed by atoms with Crippen molar-refractivity contribution >= 4 is 50.5 Å². The summed E-state index contributed by atoms with van der Waals surface area (Å²) in [7, 11) is -3.62. The van der Waals surface area contributed by atoms with Crippen LogP contribution in [-0.2, 0) is 16.6 Å². The van der Waals surface area contributed by atoms with Gasteiger partial charge in [-0.3, -0.25) is 9.10 Å². The first-order chi connectivity index (χ1) is 13.8. The largest absolute Gasteiger partial charge is 0.322 e. The summed E-state index contributed by atoms with van der Waals surface area (Å²) >= 11 is 12.4. The quantitative estimate of drug-likeness (QED) is 0.562. The zero-order chi connectivity index (χ0) is 21.0. The number of nitrogens with one attached hydrogen (secondary N) is 1. The van der Waals surface area contributed by atoms with E-state index in [1.54, 1.807) is 54.6 Å². The maximum Gasteiger partial charge on any atom is 0.255 e. The van der Waals surface area contributed by atoms with Crippen LogP contribution in [0.5, 0.6) is 0 Å².